The lowest BCUT2D eigenvalue weighted by atomic mass is 9.74. The number of carbonyl (C=O) groups is 1. The van der Waals surface area contributed by atoms with E-state index in [1.165, 1.54) is 16.9 Å². The van der Waals surface area contributed by atoms with E-state index in [2.05, 4.69) is 22.4 Å². The molecule has 8 heteroatoms. The van der Waals surface area contributed by atoms with Crippen molar-refractivity contribution in [3.8, 4) is 11.5 Å². The fourth-order valence-electron chi connectivity index (χ4n) is 3.94. The molecule has 1 saturated heterocycles. The highest BCUT2D eigenvalue weighted by Gasteiger charge is 2.35. The van der Waals surface area contributed by atoms with Crippen LogP contribution in [0, 0.1) is 0 Å². The summed E-state index contributed by atoms with van der Waals surface area (Å²) >= 11 is 7.39. The Labute approximate surface area is 202 Å². The maximum Gasteiger partial charge on any atom is 0.226 e. The molecule has 1 N–H and O–H groups in total. The maximum absolute atomic E-state index is 12.7. The zero-order chi connectivity index (χ0) is 23.1. The van der Waals surface area contributed by atoms with Crippen molar-refractivity contribution in [2.24, 2.45) is 0 Å². The zero-order valence-electron chi connectivity index (χ0n) is 18.5. The van der Waals surface area contributed by atoms with Crippen LogP contribution in [0.15, 0.2) is 53.9 Å². The number of nitrogens with one attached hydrogen (secondary N) is 1. The van der Waals surface area contributed by atoms with Gasteiger partial charge in [-0.2, -0.15) is 0 Å². The van der Waals surface area contributed by atoms with Gasteiger partial charge < -0.3 is 19.5 Å². The molecule has 33 heavy (non-hydrogen) atoms. The van der Waals surface area contributed by atoms with Crippen LogP contribution in [0.25, 0.3) is 0 Å². The highest BCUT2D eigenvalue weighted by molar-refractivity contribution is 7.09. The fraction of sp³-hybridized carbons (Fsp3) is 0.360. The number of hydrogen-bond donors (Lipinski definition) is 1. The van der Waals surface area contributed by atoms with Crippen LogP contribution in [0.3, 0.4) is 0 Å². The van der Waals surface area contributed by atoms with Crippen LogP contribution in [0.5, 0.6) is 11.5 Å². The molecule has 0 unspecified atom stereocenters. The number of thiazole rings is 1. The Morgan fingerprint density at radius 3 is 2.52 bits per heavy atom. The summed E-state index contributed by atoms with van der Waals surface area (Å²) in [7, 11) is 1.66. The van der Waals surface area contributed by atoms with Crippen LogP contribution >= 0.6 is 22.9 Å². The molecular formula is C25H27ClN2O4S. The highest BCUT2D eigenvalue weighted by Crippen LogP contribution is 2.35. The first-order valence-electron chi connectivity index (χ1n) is 10.9. The van der Waals surface area contributed by atoms with Crippen LogP contribution in [-0.4, -0.2) is 37.8 Å². The van der Waals surface area contributed by atoms with Crippen LogP contribution in [0.4, 0.5) is 0 Å². The molecule has 4 rings (SSSR count). The van der Waals surface area contributed by atoms with E-state index in [9.17, 15) is 4.79 Å². The first-order chi connectivity index (χ1) is 16.1. The lowest BCUT2D eigenvalue weighted by Crippen LogP contribution is -2.45. The van der Waals surface area contributed by atoms with Gasteiger partial charge in [0, 0.05) is 35.6 Å². The molecule has 2 heterocycles. The molecule has 0 aliphatic carbocycles. The monoisotopic (exact) mass is 486 g/mol. The molecule has 1 fully saturated rings. The molecule has 0 radical (unpaired) electrons. The van der Waals surface area contributed by atoms with E-state index in [4.69, 9.17) is 25.8 Å². The van der Waals surface area contributed by atoms with E-state index in [-0.39, 0.29) is 17.7 Å². The molecule has 1 aromatic heterocycles. The van der Waals surface area contributed by atoms with E-state index in [0.29, 0.717) is 31.4 Å². The summed E-state index contributed by atoms with van der Waals surface area (Å²) in [6.45, 7) is 2.29. The average molecular weight is 487 g/mol. The van der Waals surface area contributed by atoms with Gasteiger partial charge in [-0.1, -0.05) is 23.7 Å². The molecule has 1 aliphatic heterocycles. The molecule has 174 valence electrons. The van der Waals surface area contributed by atoms with Crippen molar-refractivity contribution < 1.29 is 19.0 Å². The summed E-state index contributed by atoms with van der Waals surface area (Å²) < 4.78 is 16.6. The van der Waals surface area contributed by atoms with Gasteiger partial charge in [0.2, 0.25) is 5.91 Å². The van der Waals surface area contributed by atoms with Crippen molar-refractivity contribution in [2.75, 3.05) is 26.9 Å². The third-order valence-electron chi connectivity index (χ3n) is 5.89. The molecular weight excluding hydrogens is 460 g/mol. The molecule has 1 amide bonds. The fourth-order valence-corrected chi connectivity index (χ4v) is 4.77. The van der Waals surface area contributed by atoms with Gasteiger partial charge in [0.1, 0.15) is 23.1 Å². The number of rotatable bonds is 9. The van der Waals surface area contributed by atoms with E-state index in [1.807, 2.05) is 29.6 Å². The first-order valence-corrected chi connectivity index (χ1v) is 12.1. The number of amides is 1. The van der Waals surface area contributed by atoms with Crippen molar-refractivity contribution in [3.05, 3.63) is 75.2 Å². The van der Waals surface area contributed by atoms with E-state index in [1.54, 1.807) is 19.2 Å². The molecule has 0 atom stereocenters. The van der Waals surface area contributed by atoms with Crippen molar-refractivity contribution in [2.45, 2.75) is 31.3 Å². The SMILES string of the molecule is COc1ccc(C2(CNC(=O)Cc3csc(COc4ccc(Cl)cc4)n3)CCOCC2)cc1. The van der Waals surface area contributed by atoms with Crippen molar-refractivity contribution in [3.63, 3.8) is 0 Å². The predicted molar refractivity (Wildman–Crippen MR) is 129 cm³/mol. The average Bonchev–Trinajstić information content (AvgIpc) is 3.30. The Morgan fingerprint density at radius 1 is 1.12 bits per heavy atom. The van der Waals surface area contributed by atoms with Crippen LogP contribution in [0.2, 0.25) is 5.02 Å². The smallest absolute Gasteiger partial charge is 0.226 e. The van der Waals surface area contributed by atoms with Crippen LogP contribution in [0.1, 0.15) is 29.1 Å². The molecule has 2 aromatic carbocycles. The van der Waals surface area contributed by atoms with Crippen molar-refractivity contribution in [1.29, 1.82) is 0 Å². The summed E-state index contributed by atoms with van der Waals surface area (Å²) in [5, 5.41) is 6.54. The summed E-state index contributed by atoms with van der Waals surface area (Å²) in [4.78, 5) is 17.3. The first kappa shape index (κ1) is 23.5. The lowest BCUT2D eigenvalue weighted by molar-refractivity contribution is -0.121. The molecule has 3 aromatic rings. The van der Waals surface area contributed by atoms with Crippen LogP contribution < -0.4 is 14.8 Å². The lowest BCUT2D eigenvalue weighted by Gasteiger charge is -2.38. The maximum atomic E-state index is 12.7. The Hall–Kier alpha value is -2.61. The number of hydrogen-bond acceptors (Lipinski definition) is 6. The molecule has 1 aliphatic rings. The minimum absolute atomic E-state index is 0.0372. The van der Waals surface area contributed by atoms with Gasteiger partial charge in [-0.25, -0.2) is 4.98 Å². The number of benzene rings is 2. The zero-order valence-corrected chi connectivity index (χ0v) is 20.1. The van der Waals surface area contributed by atoms with E-state index < -0.39 is 0 Å². The normalized spacial score (nSPS) is 15.1. The van der Waals surface area contributed by atoms with Crippen molar-refractivity contribution in [1.82, 2.24) is 10.3 Å². The highest BCUT2D eigenvalue weighted by atomic mass is 35.5. The quantitative estimate of drug-likeness (QED) is 0.471. The minimum Gasteiger partial charge on any atom is -0.497 e. The van der Waals surface area contributed by atoms with Gasteiger partial charge in [0.05, 0.1) is 19.2 Å². The summed E-state index contributed by atoms with van der Waals surface area (Å²) in [5.41, 5.74) is 1.81. The van der Waals surface area contributed by atoms with E-state index >= 15 is 0 Å². The number of ether oxygens (including phenoxy) is 3. The number of carbonyl (C=O) groups excluding carboxylic acids is 1. The number of halogens is 1. The van der Waals surface area contributed by atoms with Gasteiger partial charge in [-0.05, 0) is 54.8 Å². The molecule has 0 saturated carbocycles. The third kappa shape index (κ3) is 6.25. The standard InChI is InChI=1S/C25H27ClN2O4S/c1-30-21-6-2-18(3-7-21)25(10-12-31-13-11-25)17-27-23(29)14-20-16-33-24(28-20)15-32-22-8-4-19(26)5-9-22/h2-9,16H,10-15,17H2,1H3,(H,27,29). The van der Waals surface area contributed by atoms with Crippen molar-refractivity contribution >= 4 is 28.8 Å². The molecule has 6 nitrogen and oxygen atoms in total. The summed E-state index contributed by atoms with van der Waals surface area (Å²) in [6.07, 6.45) is 1.97. The Kier molecular flexibility index (Phi) is 7.85. The van der Waals surface area contributed by atoms with Gasteiger partial charge in [-0.15, -0.1) is 11.3 Å². The van der Waals surface area contributed by atoms with Gasteiger partial charge in [0.25, 0.3) is 0 Å². The Morgan fingerprint density at radius 2 is 1.82 bits per heavy atom. The van der Waals surface area contributed by atoms with Gasteiger partial charge in [-0.3, -0.25) is 4.79 Å². The summed E-state index contributed by atoms with van der Waals surface area (Å²) in [6, 6.07) is 15.3. The topological polar surface area (TPSA) is 69.7 Å². The Balaban J connectivity index is 1.32. The second-order valence-corrected chi connectivity index (χ2v) is 9.43. The second kappa shape index (κ2) is 11.0. The number of aromatic nitrogens is 1. The molecule has 0 spiro atoms. The largest absolute Gasteiger partial charge is 0.497 e. The number of nitrogens with zero attached hydrogens (tertiary/aromatic N) is 1. The third-order valence-corrected chi connectivity index (χ3v) is 7.02. The second-order valence-electron chi connectivity index (χ2n) is 8.05. The number of methoxy groups -OCH3 is 1. The Bertz CT molecular complexity index is 1050. The predicted octanol–water partition coefficient (Wildman–Crippen LogP) is 4.79. The van der Waals surface area contributed by atoms with E-state index in [0.717, 1.165) is 35.0 Å². The minimum atomic E-state index is -0.139. The van der Waals surface area contributed by atoms with Gasteiger partial charge >= 0.3 is 0 Å². The van der Waals surface area contributed by atoms with Crippen LogP contribution in [-0.2, 0) is 28.0 Å². The van der Waals surface area contributed by atoms with Gasteiger partial charge in [0.15, 0.2) is 0 Å². The molecule has 0 bridgehead atoms. The summed E-state index contributed by atoms with van der Waals surface area (Å²) in [5.74, 6) is 1.52.